The van der Waals surface area contributed by atoms with Crippen LogP contribution in [0.3, 0.4) is 0 Å². The first kappa shape index (κ1) is 25.1. The molecule has 0 aliphatic heterocycles. The molecule has 0 saturated heterocycles. The number of nitrogens with one attached hydrogen (secondary N) is 2. The molecule has 9 heteroatoms. The van der Waals surface area contributed by atoms with Crippen LogP contribution in [-0.4, -0.2) is 50.3 Å². The summed E-state index contributed by atoms with van der Waals surface area (Å²) in [5, 5.41) is 2.64. The van der Waals surface area contributed by atoms with Crippen LogP contribution in [0.25, 0.3) is 33.7 Å². The van der Waals surface area contributed by atoms with Gasteiger partial charge in [-0.3, -0.25) is 4.98 Å². The van der Waals surface area contributed by atoms with Gasteiger partial charge in [-0.25, -0.2) is 19.7 Å². The molecule has 0 fully saturated rings. The van der Waals surface area contributed by atoms with Gasteiger partial charge < -0.3 is 19.8 Å². The highest BCUT2D eigenvalue weighted by atomic mass is 16.6. The Labute approximate surface area is 210 Å². The number of hydrogen-bond acceptors (Lipinski definition) is 7. The fourth-order valence-electron chi connectivity index (χ4n) is 3.58. The van der Waals surface area contributed by atoms with E-state index in [1.165, 1.54) is 0 Å². The molecule has 3 heterocycles. The molecule has 1 amide bonds. The first-order chi connectivity index (χ1) is 17.1. The van der Waals surface area contributed by atoms with E-state index in [2.05, 4.69) is 41.0 Å². The van der Waals surface area contributed by atoms with Gasteiger partial charge in [0.25, 0.3) is 0 Å². The van der Waals surface area contributed by atoms with Crippen molar-refractivity contribution in [3.05, 3.63) is 54.1 Å². The summed E-state index contributed by atoms with van der Waals surface area (Å²) in [4.78, 5) is 33.8. The number of benzene rings is 1. The van der Waals surface area contributed by atoms with Gasteiger partial charge in [-0.05, 0) is 45.0 Å². The summed E-state index contributed by atoms with van der Waals surface area (Å²) < 4.78 is 10.7. The van der Waals surface area contributed by atoms with Gasteiger partial charge in [0.2, 0.25) is 5.88 Å². The van der Waals surface area contributed by atoms with Crippen molar-refractivity contribution in [3.63, 3.8) is 0 Å². The van der Waals surface area contributed by atoms with Crippen LogP contribution < -0.4 is 10.1 Å². The number of aryl methyl sites for hydroxylation is 1. The summed E-state index contributed by atoms with van der Waals surface area (Å²) in [7, 11) is 0. The number of rotatable bonds is 7. The largest absolute Gasteiger partial charge is 0.475 e. The predicted octanol–water partition coefficient (Wildman–Crippen LogP) is 5.20. The summed E-state index contributed by atoms with van der Waals surface area (Å²) in [6.45, 7) is 12.5. The van der Waals surface area contributed by atoms with Gasteiger partial charge in [0.05, 0.1) is 41.3 Å². The van der Waals surface area contributed by atoms with Gasteiger partial charge in [-0.15, -0.1) is 0 Å². The third-order valence-electron chi connectivity index (χ3n) is 5.32. The Morgan fingerprint density at radius 3 is 2.61 bits per heavy atom. The van der Waals surface area contributed by atoms with E-state index in [0.29, 0.717) is 17.9 Å². The lowest BCUT2D eigenvalue weighted by molar-refractivity contribution is 0.114. The number of H-pyrrole nitrogens is 1. The maximum atomic E-state index is 11.6. The average molecular weight is 489 g/mol. The smallest absolute Gasteiger partial charge is 0.407 e. The van der Waals surface area contributed by atoms with Crippen LogP contribution in [-0.2, 0) is 10.2 Å². The third-order valence-corrected chi connectivity index (χ3v) is 5.32. The molecule has 0 unspecified atom stereocenters. The second-order valence-corrected chi connectivity index (χ2v) is 9.86. The minimum atomic E-state index is -0.476. The molecule has 4 rings (SSSR count). The van der Waals surface area contributed by atoms with Crippen LogP contribution >= 0.6 is 0 Å². The Morgan fingerprint density at radius 2 is 1.89 bits per heavy atom. The van der Waals surface area contributed by atoms with E-state index in [1.807, 2.05) is 43.3 Å². The van der Waals surface area contributed by atoms with Gasteiger partial charge in [0.15, 0.2) is 0 Å². The summed E-state index contributed by atoms with van der Waals surface area (Å²) >= 11 is 0. The zero-order valence-electron chi connectivity index (χ0n) is 21.5. The van der Waals surface area contributed by atoms with Gasteiger partial charge >= 0.3 is 6.09 Å². The van der Waals surface area contributed by atoms with E-state index in [0.717, 1.165) is 39.7 Å². The van der Waals surface area contributed by atoms with E-state index < -0.39 is 6.09 Å². The molecule has 1 aromatic carbocycles. The SMILES string of the molecule is Cc1cccc(-c2nc(C(C)(C)C)[nH]c2-c2ccc3ncc(OCCNC(=O)OC(C)C)nc3c2)n1. The van der Waals surface area contributed by atoms with Crippen molar-refractivity contribution in [2.24, 2.45) is 0 Å². The fraction of sp³-hybridized carbons (Fsp3) is 0.370. The van der Waals surface area contributed by atoms with Crippen molar-refractivity contribution in [2.45, 2.75) is 53.1 Å². The zero-order valence-corrected chi connectivity index (χ0v) is 21.5. The van der Waals surface area contributed by atoms with Gasteiger partial charge in [0, 0.05) is 16.7 Å². The molecule has 4 aromatic rings. The average Bonchev–Trinajstić information content (AvgIpc) is 3.27. The molecule has 0 aliphatic carbocycles. The Kier molecular flexibility index (Phi) is 7.19. The van der Waals surface area contributed by atoms with Crippen molar-refractivity contribution in [1.82, 2.24) is 30.2 Å². The number of aromatic nitrogens is 5. The number of ether oxygens (including phenoxy) is 2. The molecular formula is C27H32N6O3. The number of hydrogen-bond donors (Lipinski definition) is 2. The second-order valence-electron chi connectivity index (χ2n) is 9.86. The molecule has 188 valence electrons. The topological polar surface area (TPSA) is 115 Å². The molecule has 36 heavy (non-hydrogen) atoms. The van der Waals surface area contributed by atoms with E-state index in [1.54, 1.807) is 20.0 Å². The number of nitrogens with zero attached hydrogens (tertiary/aromatic N) is 4. The minimum absolute atomic E-state index is 0.163. The van der Waals surface area contributed by atoms with Crippen LogP contribution in [0.5, 0.6) is 5.88 Å². The Balaban J connectivity index is 1.61. The lowest BCUT2D eigenvalue weighted by atomic mass is 9.96. The Morgan fingerprint density at radius 1 is 1.08 bits per heavy atom. The van der Waals surface area contributed by atoms with Gasteiger partial charge in [-0.2, -0.15) is 0 Å². The van der Waals surface area contributed by atoms with Crippen molar-refractivity contribution in [1.29, 1.82) is 0 Å². The van der Waals surface area contributed by atoms with Crippen molar-refractivity contribution in [3.8, 4) is 28.5 Å². The molecule has 0 saturated carbocycles. The molecular weight excluding hydrogens is 456 g/mol. The number of carbonyl (C=O) groups is 1. The lowest BCUT2D eigenvalue weighted by Crippen LogP contribution is -2.30. The zero-order chi connectivity index (χ0) is 25.9. The second kappa shape index (κ2) is 10.3. The van der Waals surface area contributed by atoms with Gasteiger partial charge in [0.1, 0.15) is 18.1 Å². The van der Waals surface area contributed by atoms with E-state index in [4.69, 9.17) is 19.4 Å². The van der Waals surface area contributed by atoms with Crippen molar-refractivity contribution < 1.29 is 14.3 Å². The summed E-state index contributed by atoms with van der Waals surface area (Å²) in [6.07, 6.45) is 0.920. The minimum Gasteiger partial charge on any atom is -0.475 e. The maximum Gasteiger partial charge on any atom is 0.407 e. The highest BCUT2D eigenvalue weighted by molar-refractivity contribution is 5.85. The van der Waals surface area contributed by atoms with Gasteiger partial charge in [-0.1, -0.05) is 32.9 Å². The number of amides is 1. The number of fused-ring (bicyclic) bond motifs is 1. The fourth-order valence-corrected chi connectivity index (χ4v) is 3.58. The van der Waals surface area contributed by atoms with Crippen molar-refractivity contribution in [2.75, 3.05) is 13.2 Å². The van der Waals surface area contributed by atoms with Crippen molar-refractivity contribution >= 4 is 17.1 Å². The highest BCUT2D eigenvalue weighted by Gasteiger charge is 2.23. The van der Waals surface area contributed by atoms with Crippen LogP contribution in [0.15, 0.2) is 42.6 Å². The maximum absolute atomic E-state index is 11.6. The highest BCUT2D eigenvalue weighted by Crippen LogP contribution is 2.33. The standard InChI is InChI=1S/C27H32N6O3/c1-16(2)36-26(34)28-12-13-35-22-15-29-19-11-10-18(14-21(19)31-22)23-24(20-9-7-8-17(3)30-20)33-25(32-23)27(4,5)6/h7-11,14-16H,12-13H2,1-6H3,(H,28,34)(H,32,33). The number of alkyl carbamates (subject to hydrolysis) is 1. The Hall–Kier alpha value is -4.01. The van der Waals surface area contributed by atoms with E-state index in [-0.39, 0.29) is 18.1 Å². The molecule has 0 bridgehead atoms. The third kappa shape index (κ3) is 5.97. The predicted molar refractivity (Wildman–Crippen MR) is 139 cm³/mol. The molecule has 3 aromatic heterocycles. The summed E-state index contributed by atoms with van der Waals surface area (Å²) in [6, 6.07) is 11.8. The van der Waals surface area contributed by atoms with Crippen LogP contribution in [0.2, 0.25) is 0 Å². The molecule has 2 N–H and O–H groups in total. The Bertz CT molecular complexity index is 1370. The number of imidazole rings is 1. The molecule has 0 spiro atoms. The van der Waals surface area contributed by atoms with Crippen LogP contribution in [0.4, 0.5) is 4.79 Å². The number of pyridine rings is 1. The molecule has 9 nitrogen and oxygen atoms in total. The normalized spacial score (nSPS) is 11.6. The number of carbonyl (C=O) groups excluding carboxylic acids is 1. The number of aromatic amines is 1. The van der Waals surface area contributed by atoms with Crippen LogP contribution in [0, 0.1) is 6.92 Å². The monoisotopic (exact) mass is 488 g/mol. The van der Waals surface area contributed by atoms with Crippen LogP contribution in [0.1, 0.15) is 46.1 Å². The molecule has 0 atom stereocenters. The lowest BCUT2D eigenvalue weighted by Gasteiger charge is -2.14. The van der Waals surface area contributed by atoms with E-state index >= 15 is 0 Å². The first-order valence-electron chi connectivity index (χ1n) is 12.0. The quantitative estimate of drug-likeness (QED) is 0.344. The summed E-state index contributed by atoms with van der Waals surface area (Å²) in [5.41, 5.74) is 5.60. The first-order valence-corrected chi connectivity index (χ1v) is 12.0. The molecule has 0 radical (unpaired) electrons. The molecule has 0 aliphatic rings. The summed E-state index contributed by atoms with van der Waals surface area (Å²) in [5.74, 6) is 1.25. The van der Waals surface area contributed by atoms with E-state index in [9.17, 15) is 4.79 Å².